The summed E-state index contributed by atoms with van der Waals surface area (Å²) in [5, 5.41) is 1.14. The maximum absolute atomic E-state index is 12.0. The second-order valence-corrected chi connectivity index (χ2v) is 6.03. The predicted molar refractivity (Wildman–Crippen MR) is 97.5 cm³/mol. The number of rotatable bonds is 3. The van der Waals surface area contributed by atoms with E-state index in [-0.39, 0.29) is 34.4 Å². The quantitative estimate of drug-likeness (QED) is 0.533. The normalized spacial score (nSPS) is 9.61. The van der Waals surface area contributed by atoms with Gasteiger partial charge in [-0.05, 0) is 26.4 Å². The van der Waals surface area contributed by atoms with Gasteiger partial charge in [-0.1, -0.05) is 91.0 Å². The van der Waals surface area contributed by atoms with Crippen LogP contribution in [0.1, 0.15) is 17.3 Å². The van der Waals surface area contributed by atoms with Crippen LogP contribution in [0.2, 0.25) is 0 Å². The molecule has 0 aliphatic heterocycles. The first kappa shape index (κ1) is 19.4. The molecule has 1 nitrogen and oxygen atoms in total. The van der Waals surface area contributed by atoms with Gasteiger partial charge in [-0.25, -0.2) is 0 Å². The smallest absolute Gasteiger partial charge is 1.00 e. The van der Waals surface area contributed by atoms with Crippen molar-refractivity contribution >= 4 is 19.4 Å². The van der Waals surface area contributed by atoms with Crippen molar-refractivity contribution < 1.29 is 25.1 Å². The monoisotopic (exact) mass is 314 g/mol. The van der Waals surface area contributed by atoms with E-state index in [1.807, 2.05) is 97.9 Å². The van der Waals surface area contributed by atoms with E-state index in [0.29, 0.717) is 0 Å². The predicted octanol–water partition coefficient (Wildman–Crippen LogP) is 1.94. The zero-order valence-electron chi connectivity index (χ0n) is 14.6. The van der Waals surface area contributed by atoms with Crippen molar-refractivity contribution in [2.45, 2.75) is 6.92 Å². The van der Waals surface area contributed by atoms with E-state index in [1.165, 1.54) is 5.56 Å². The Morgan fingerprint density at radius 2 is 1.17 bits per heavy atom. The van der Waals surface area contributed by atoms with E-state index in [2.05, 4.69) is 0 Å². The maximum Gasteiger partial charge on any atom is 1.00 e. The number of carbonyl (C=O) groups excluding carboxylic acids is 1. The van der Waals surface area contributed by atoms with Gasteiger partial charge in [0, 0.05) is 5.56 Å². The SMILES string of the molecule is Cc1ccccc1PC(=O)c1ccccc1.[H-].[Li+].c1ccccc1. The Kier molecular flexibility index (Phi) is 9.26. The molecule has 3 heteroatoms. The minimum absolute atomic E-state index is 0. The molecule has 23 heavy (non-hydrogen) atoms. The van der Waals surface area contributed by atoms with Crippen LogP contribution in [0.5, 0.6) is 0 Å². The van der Waals surface area contributed by atoms with Crippen LogP contribution in [0.15, 0.2) is 91.0 Å². The van der Waals surface area contributed by atoms with E-state index < -0.39 is 0 Å². The maximum atomic E-state index is 12.0. The number of aryl methyl sites for hydroxylation is 1. The van der Waals surface area contributed by atoms with Crippen LogP contribution in [0.3, 0.4) is 0 Å². The summed E-state index contributed by atoms with van der Waals surface area (Å²) < 4.78 is 0. The summed E-state index contributed by atoms with van der Waals surface area (Å²) in [5.74, 6) is 0. The molecule has 0 aromatic heterocycles. The molecular formula is C20H20LiOP. The van der Waals surface area contributed by atoms with E-state index in [4.69, 9.17) is 0 Å². The average Bonchev–Trinajstić information content (AvgIpc) is 2.60. The van der Waals surface area contributed by atoms with Crippen LogP contribution in [0.4, 0.5) is 0 Å². The van der Waals surface area contributed by atoms with E-state index in [9.17, 15) is 4.79 Å². The summed E-state index contributed by atoms with van der Waals surface area (Å²) in [4.78, 5) is 12.0. The van der Waals surface area contributed by atoms with Crippen molar-refractivity contribution in [2.24, 2.45) is 0 Å². The number of carbonyl (C=O) groups is 1. The molecule has 0 heterocycles. The number of hydrogen-bond donors (Lipinski definition) is 0. The van der Waals surface area contributed by atoms with Crippen molar-refractivity contribution in [3.8, 4) is 0 Å². The largest absolute Gasteiger partial charge is 1.00 e. The zero-order chi connectivity index (χ0) is 15.6. The van der Waals surface area contributed by atoms with Gasteiger partial charge in [0.25, 0.3) is 0 Å². The molecule has 0 amide bonds. The topological polar surface area (TPSA) is 17.1 Å². The van der Waals surface area contributed by atoms with Gasteiger partial charge in [0.2, 0.25) is 0 Å². The Bertz CT molecular complexity index is 678. The minimum Gasteiger partial charge on any atom is -1.00 e. The standard InChI is InChI=1S/C14H13OP.C6H6.Li.H/c1-11-7-5-6-10-13(11)16-14(15)12-8-3-2-4-9-12;1-2-4-6-5-3-1;;/h2-10,16H,1H3;1-6H;;/q;;+1;-1. The van der Waals surface area contributed by atoms with Gasteiger partial charge in [-0.2, -0.15) is 0 Å². The van der Waals surface area contributed by atoms with Crippen molar-refractivity contribution in [1.82, 2.24) is 0 Å². The Hall–Kier alpha value is -1.64. The van der Waals surface area contributed by atoms with Crippen molar-refractivity contribution in [1.29, 1.82) is 0 Å². The third kappa shape index (κ3) is 6.98. The summed E-state index contributed by atoms with van der Waals surface area (Å²) in [6.07, 6.45) is 0. The molecule has 112 valence electrons. The molecular weight excluding hydrogens is 294 g/mol. The molecule has 1 unspecified atom stereocenters. The molecule has 0 aliphatic carbocycles. The molecule has 3 rings (SSSR count). The summed E-state index contributed by atoms with van der Waals surface area (Å²) in [6, 6.07) is 29.5. The molecule has 0 saturated carbocycles. The Morgan fingerprint density at radius 3 is 1.70 bits per heavy atom. The van der Waals surface area contributed by atoms with E-state index in [0.717, 1.165) is 10.9 Å². The first-order chi connectivity index (χ1) is 10.8. The Labute approximate surface area is 153 Å². The fourth-order valence-electron chi connectivity index (χ4n) is 1.88. The summed E-state index contributed by atoms with van der Waals surface area (Å²) >= 11 is 0. The van der Waals surface area contributed by atoms with Gasteiger partial charge in [-0.15, -0.1) is 0 Å². The van der Waals surface area contributed by atoms with Crippen LogP contribution in [0.25, 0.3) is 0 Å². The summed E-state index contributed by atoms with van der Waals surface area (Å²) in [5.41, 5.74) is 2.18. The zero-order valence-corrected chi connectivity index (χ0v) is 14.6. The van der Waals surface area contributed by atoms with Gasteiger partial charge in [0.05, 0.1) is 0 Å². The van der Waals surface area contributed by atoms with Gasteiger partial charge in [0.15, 0.2) is 5.52 Å². The molecule has 0 saturated heterocycles. The molecule has 0 radical (unpaired) electrons. The van der Waals surface area contributed by atoms with Crippen molar-refractivity contribution in [2.75, 3.05) is 0 Å². The average molecular weight is 314 g/mol. The van der Waals surface area contributed by atoms with Crippen LogP contribution in [-0.2, 0) is 0 Å². The molecule has 0 aliphatic rings. The summed E-state index contributed by atoms with van der Waals surface area (Å²) in [6.45, 7) is 2.04. The Morgan fingerprint density at radius 1 is 0.739 bits per heavy atom. The van der Waals surface area contributed by atoms with Crippen LogP contribution < -0.4 is 24.2 Å². The third-order valence-corrected chi connectivity index (χ3v) is 4.44. The molecule has 0 fully saturated rings. The second-order valence-electron chi connectivity index (χ2n) is 4.79. The molecule has 3 aromatic rings. The van der Waals surface area contributed by atoms with E-state index >= 15 is 0 Å². The van der Waals surface area contributed by atoms with E-state index in [1.54, 1.807) is 0 Å². The van der Waals surface area contributed by atoms with Gasteiger partial charge < -0.3 is 1.43 Å². The van der Waals surface area contributed by atoms with Crippen LogP contribution in [0, 0.1) is 6.92 Å². The third-order valence-electron chi connectivity index (χ3n) is 3.10. The fraction of sp³-hybridized carbons (Fsp3) is 0.0500. The van der Waals surface area contributed by atoms with Crippen molar-refractivity contribution in [3.05, 3.63) is 102 Å². The number of hydrogen-bond acceptors (Lipinski definition) is 1. The minimum atomic E-state index is 0. The van der Waals surface area contributed by atoms with Crippen LogP contribution >= 0.6 is 8.58 Å². The fourth-order valence-corrected chi connectivity index (χ4v) is 2.90. The number of benzene rings is 3. The first-order valence-corrected chi connectivity index (χ1v) is 8.19. The second kappa shape index (κ2) is 11.0. The molecule has 1 atom stereocenters. The van der Waals surface area contributed by atoms with Crippen molar-refractivity contribution in [3.63, 3.8) is 0 Å². The molecule has 0 bridgehead atoms. The molecule has 3 aromatic carbocycles. The Balaban J connectivity index is 0.000000565. The van der Waals surface area contributed by atoms with Gasteiger partial charge >= 0.3 is 18.9 Å². The van der Waals surface area contributed by atoms with Gasteiger partial charge in [-0.3, -0.25) is 4.79 Å². The van der Waals surface area contributed by atoms with Gasteiger partial charge in [0.1, 0.15) is 0 Å². The molecule has 0 N–H and O–H groups in total. The summed E-state index contributed by atoms with van der Waals surface area (Å²) in [7, 11) is 0.216. The molecule has 0 spiro atoms. The first-order valence-electron chi connectivity index (χ1n) is 7.19. The van der Waals surface area contributed by atoms with Crippen LogP contribution in [-0.4, -0.2) is 5.52 Å².